The Morgan fingerprint density at radius 1 is 1.10 bits per heavy atom. The van der Waals surface area contributed by atoms with Crippen LogP contribution < -0.4 is 0 Å². The second-order valence-corrected chi connectivity index (χ2v) is 5.66. The first-order chi connectivity index (χ1) is 10.0. The molecular weight excluding hydrogens is 284 g/mol. The van der Waals surface area contributed by atoms with Gasteiger partial charge in [-0.1, -0.05) is 11.6 Å². The van der Waals surface area contributed by atoms with Crippen molar-refractivity contribution >= 4 is 11.6 Å². The zero-order chi connectivity index (χ0) is 15.0. The van der Waals surface area contributed by atoms with Crippen LogP contribution in [-0.2, 0) is 6.54 Å². The third kappa shape index (κ3) is 2.72. The molecule has 0 amide bonds. The molecular formula is C16H17ClN4. The summed E-state index contributed by atoms with van der Waals surface area (Å²) in [5.74, 6) is 0. The third-order valence-electron chi connectivity index (χ3n) is 3.75. The quantitative estimate of drug-likeness (QED) is 0.739. The minimum atomic E-state index is 0.728. The Labute approximate surface area is 129 Å². The Balaban J connectivity index is 1.86. The number of halogens is 1. The van der Waals surface area contributed by atoms with E-state index < -0.39 is 0 Å². The van der Waals surface area contributed by atoms with E-state index in [0.717, 1.165) is 34.2 Å². The van der Waals surface area contributed by atoms with E-state index in [-0.39, 0.29) is 0 Å². The van der Waals surface area contributed by atoms with Crippen molar-refractivity contribution in [2.75, 3.05) is 0 Å². The van der Waals surface area contributed by atoms with Crippen molar-refractivity contribution in [3.05, 3.63) is 64.7 Å². The van der Waals surface area contributed by atoms with Gasteiger partial charge in [0.2, 0.25) is 0 Å². The van der Waals surface area contributed by atoms with E-state index in [1.807, 2.05) is 49.4 Å². The summed E-state index contributed by atoms with van der Waals surface area (Å²) in [6, 6.07) is 5.96. The van der Waals surface area contributed by atoms with Crippen molar-refractivity contribution in [2.45, 2.75) is 27.3 Å². The molecule has 0 aliphatic heterocycles. The molecule has 0 saturated heterocycles. The lowest BCUT2D eigenvalue weighted by molar-refractivity contribution is 0.752. The molecule has 0 saturated carbocycles. The van der Waals surface area contributed by atoms with Crippen molar-refractivity contribution in [3.8, 4) is 5.69 Å². The van der Waals surface area contributed by atoms with Gasteiger partial charge in [-0.25, -0.2) is 9.97 Å². The summed E-state index contributed by atoms with van der Waals surface area (Å²) in [6.45, 7) is 6.82. The van der Waals surface area contributed by atoms with Gasteiger partial charge in [0.1, 0.15) is 0 Å². The molecule has 21 heavy (non-hydrogen) atoms. The molecule has 108 valence electrons. The zero-order valence-electron chi connectivity index (χ0n) is 12.3. The van der Waals surface area contributed by atoms with Crippen LogP contribution in [0.2, 0.25) is 5.02 Å². The molecule has 4 nitrogen and oxygen atoms in total. The predicted molar refractivity (Wildman–Crippen MR) is 84.1 cm³/mol. The molecule has 0 spiro atoms. The summed E-state index contributed by atoms with van der Waals surface area (Å²) in [6.07, 6.45) is 5.73. The van der Waals surface area contributed by atoms with E-state index in [2.05, 4.69) is 27.5 Å². The summed E-state index contributed by atoms with van der Waals surface area (Å²) < 4.78 is 4.12. The Bertz CT molecular complexity index is 785. The molecule has 0 aliphatic carbocycles. The molecule has 3 rings (SSSR count). The van der Waals surface area contributed by atoms with Crippen molar-refractivity contribution in [3.63, 3.8) is 0 Å². The molecule has 2 aromatic heterocycles. The number of benzene rings is 1. The average Bonchev–Trinajstić information content (AvgIpc) is 3.04. The zero-order valence-corrected chi connectivity index (χ0v) is 13.1. The Morgan fingerprint density at radius 2 is 1.90 bits per heavy atom. The highest BCUT2D eigenvalue weighted by molar-refractivity contribution is 6.31. The van der Waals surface area contributed by atoms with Gasteiger partial charge in [-0.05, 0) is 44.5 Å². The van der Waals surface area contributed by atoms with Crippen molar-refractivity contribution in [1.29, 1.82) is 0 Å². The van der Waals surface area contributed by atoms with Gasteiger partial charge in [0.05, 0.1) is 30.6 Å². The first kappa shape index (κ1) is 13.9. The highest BCUT2D eigenvalue weighted by Crippen LogP contribution is 2.19. The van der Waals surface area contributed by atoms with Crippen LogP contribution >= 0.6 is 11.6 Å². The Kier molecular flexibility index (Phi) is 3.55. The number of aryl methyl sites for hydroxylation is 2. The van der Waals surface area contributed by atoms with Crippen LogP contribution in [0, 0.1) is 20.8 Å². The monoisotopic (exact) mass is 300 g/mol. The number of rotatable bonds is 3. The van der Waals surface area contributed by atoms with Gasteiger partial charge in [-0.2, -0.15) is 0 Å². The maximum absolute atomic E-state index is 6.07. The van der Waals surface area contributed by atoms with Gasteiger partial charge in [0, 0.05) is 22.6 Å². The van der Waals surface area contributed by atoms with Gasteiger partial charge < -0.3 is 9.13 Å². The van der Waals surface area contributed by atoms with Crippen LogP contribution in [0.5, 0.6) is 0 Å². The smallest absolute Gasteiger partial charge is 0.0996 e. The molecule has 1 aromatic carbocycles. The van der Waals surface area contributed by atoms with E-state index in [1.54, 1.807) is 0 Å². The van der Waals surface area contributed by atoms with E-state index in [4.69, 9.17) is 11.6 Å². The molecule has 2 heterocycles. The third-order valence-corrected chi connectivity index (χ3v) is 4.18. The van der Waals surface area contributed by atoms with Crippen LogP contribution in [0.1, 0.15) is 22.6 Å². The second-order valence-electron chi connectivity index (χ2n) is 5.25. The summed E-state index contributed by atoms with van der Waals surface area (Å²) in [5, 5.41) is 0.781. The second kappa shape index (κ2) is 5.37. The van der Waals surface area contributed by atoms with Crippen LogP contribution in [-0.4, -0.2) is 19.1 Å². The van der Waals surface area contributed by atoms with Gasteiger partial charge in [-0.3, -0.25) is 0 Å². The largest absolute Gasteiger partial charge is 0.329 e. The number of aromatic nitrogens is 4. The van der Waals surface area contributed by atoms with E-state index in [9.17, 15) is 0 Å². The van der Waals surface area contributed by atoms with Crippen molar-refractivity contribution in [2.24, 2.45) is 0 Å². The van der Waals surface area contributed by atoms with Gasteiger partial charge in [0.25, 0.3) is 0 Å². The van der Waals surface area contributed by atoms with Gasteiger partial charge in [0.15, 0.2) is 0 Å². The van der Waals surface area contributed by atoms with Crippen LogP contribution in [0.25, 0.3) is 5.69 Å². The molecule has 5 heteroatoms. The molecule has 0 bridgehead atoms. The number of hydrogen-bond donors (Lipinski definition) is 0. The summed E-state index contributed by atoms with van der Waals surface area (Å²) in [4.78, 5) is 8.78. The first-order valence-corrected chi connectivity index (χ1v) is 7.20. The van der Waals surface area contributed by atoms with E-state index in [0.29, 0.717) is 0 Å². The van der Waals surface area contributed by atoms with Crippen molar-refractivity contribution in [1.82, 2.24) is 19.1 Å². The highest BCUT2D eigenvalue weighted by Gasteiger charge is 2.06. The Hall–Kier alpha value is -2.07. The summed E-state index contributed by atoms with van der Waals surface area (Å²) in [5.41, 5.74) is 5.36. The fraction of sp³-hybridized carbons (Fsp3) is 0.250. The van der Waals surface area contributed by atoms with Gasteiger partial charge in [-0.15, -0.1) is 0 Å². The van der Waals surface area contributed by atoms with Crippen LogP contribution in [0.4, 0.5) is 0 Å². The maximum Gasteiger partial charge on any atom is 0.0996 e. The maximum atomic E-state index is 6.07. The fourth-order valence-electron chi connectivity index (χ4n) is 2.25. The standard InChI is InChI=1S/C16H17ClN4/c1-11-6-15(4-5-16(11)17)21-8-14(19-10-21)7-20-9-18-12(2)13(20)3/h4-6,8-10H,7H2,1-3H3. The number of nitrogens with zero attached hydrogens (tertiary/aromatic N) is 4. The molecule has 3 aromatic rings. The predicted octanol–water partition coefficient (Wildman–Crippen LogP) is 3.70. The average molecular weight is 301 g/mol. The molecule has 0 radical (unpaired) electrons. The molecule has 0 N–H and O–H groups in total. The lowest BCUT2D eigenvalue weighted by atomic mass is 10.2. The molecule has 0 atom stereocenters. The van der Waals surface area contributed by atoms with Crippen molar-refractivity contribution < 1.29 is 0 Å². The van der Waals surface area contributed by atoms with Gasteiger partial charge >= 0.3 is 0 Å². The fourth-order valence-corrected chi connectivity index (χ4v) is 2.37. The first-order valence-electron chi connectivity index (χ1n) is 6.82. The lowest BCUT2D eigenvalue weighted by Crippen LogP contribution is -2.01. The topological polar surface area (TPSA) is 35.6 Å². The summed E-state index contributed by atoms with van der Waals surface area (Å²) >= 11 is 6.07. The minimum absolute atomic E-state index is 0.728. The van der Waals surface area contributed by atoms with Crippen LogP contribution in [0.15, 0.2) is 37.1 Å². The van der Waals surface area contributed by atoms with E-state index in [1.165, 1.54) is 5.69 Å². The molecule has 0 aliphatic rings. The Morgan fingerprint density at radius 3 is 2.57 bits per heavy atom. The van der Waals surface area contributed by atoms with E-state index >= 15 is 0 Å². The summed E-state index contributed by atoms with van der Waals surface area (Å²) in [7, 11) is 0. The lowest BCUT2D eigenvalue weighted by Gasteiger charge is -2.05. The SMILES string of the molecule is Cc1cc(-n2cnc(Cn3cnc(C)c3C)c2)ccc1Cl. The highest BCUT2D eigenvalue weighted by atomic mass is 35.5. The number of hydrogen-bond acceptors (Lipinski definition) is 2. The molecule has 0 fully saturated rings. The molecule has 0 unspecified atom stereocenters. The minimum Gasteiger partial charge on any atom is -0.329 e. The normalized spacial score (nSPS) is 11.0. The van der Waals surface area contributed by atoms with Crippen LogP contribution in [0.3, 0.4) is 0 Å². The number of imidazole rings is 2.